The van der Waals surface area contributed by atoms with Gasteiger partial charge in [0.15, 0.2) is 0 Å². The van der Waals surface area contributed by atoms with Gasteiger partial charge in [0.25, 0.3) is 5.91 Å². The maximum Gasteiger partial charge on any atom is 0.251 e. The molecule has 4 nitrogen and oxygen atoms in total. The van der Waals surface area contributed by atoms with E-state index in [1.54, 1.807) is 0 Å². The van der Waals surface area contributed by atoms with Crippen LogP contribution in [0.15, 0.2) is 47.7 Å². The van der Waals surface area contributed by atoms with Gasteiger partial charge in [-0.05, 0) is 18.1 Å². The van der Waals surface area contributed by atoms with Crippen LogP contribution in [0.5, 0.6) is 0 Å². The van der Waals surface area contributed by atoms with Gasteiger partial charge in [0.2, 0.25) is 0 Å². The first-order chi connectivity index (χ1) is 12.4. The Balaban J connectivity index is 0.00000113. The lowest BCUT2D eigenvalue weighted by molar-refractivity contribution is -0.117. The van der Waals surface area contributed by atoms with Crippen LogP contribution in [0.3, 0.4) is 0 Å². The fourth-order valence-corrected chi connectivity index (χ4v) is 2.36. The zero-order valence-corrected chi connectivity index (χ0v) is 17.7. The number of likely N-dealkylation sites (N-methyl/N-ethyl adjacent to an activating group) is 1. The van der Waals surface area contributed by atoms with Crippen molar-refractivity contribution in [2.75, 3.05) is 27.2 Å². The van der Waals surface area contributed by atoms with Crippen LogP contribution in [-0.2, 0) is 11.3 Å². The van der Waals surface area contributed by atoms with Gasteiger partial charge in [-0.3, -0.25) is 4.79 Å². The van der Waals surface area contributed by atoms with Gasteiger partial charge in [-0.25, -0.2) is 0 Å². The van der Waals surface area contributed by atoms with Gasteiger partial charge in [-0.15, -0.1) is 0 Å². The second-order valence-electron chi connectivity index (χ2n) is 6.28. The number of rotatable bonds is 5. The first kappa shape index (κ1) is 23.9. The van der Waals surface area contributed by atoms with Gasteiger partial charge >= 0.3 is 0 Å². The molecule has 0 saturated carbocycles. The van der Waals surface area contributed by atoms with E-state index in [9.17, 15) is 4.79 Å². The molecule has 1 amide bonds. The lowest BCUT2D eigenvalue weighted by Crippen LogP contribution is -2.26. The largest absolute Gasteiger partial charge is 0.380 e. The number of amides is 1. The molecular weight excluding hydrogens is 322 g/mol. The third-order valence-corrected chi connectivity index (χ3v) is 3.69. The molecule has 0 fully saturated rings. The number of benzene rings is 1. The van der Waals surface area contributed by atoms with Gasteiger partial charge in [0.1, 0.15) is 0 Å². The molecule has 2 N–H and O–H groups in total. The molecule has 0 saturated heterocycles. The molecule has 0 radical (unpaired) electrons. The van der Waals surface area contributed by atoms with Crippen molar-refractivity contribution < 1.29 is 4.79 Å². The summed E-state index contributed by atoms with van der Waals surface area (Å²) in [6, 6.07) is 8.15. The summed E-state index contributed by atoms with van der Waals surface area (Å²) in [6.07, 6.45) is 1.25. The van der Waals surface area contributed by atoms with Crippen molar-refractivity contribution in [3.63, 3.8) is 0 Å². The van der Waals surface area contributed by atoms with E-state index in [2.05, 4.69) is 31.1 Å². The summed E-state index contributed by atoms with van der Waals surface area (Å²) in [4.78, 5) is 14.3. The summed E-state index contributed by atoms with van der Waals surface area (Å²) in [7, 11) is 3.97. The Morgan fingerprint density at radius 1 is 1.15 bits per heavy atom. The zero-order chi connectivity index (χ0) is 20.1. The highest BCUT2D eigenvalue weighted by Crippen LogP contribution is 2.19. The summed E-state index contributed by atoms with van der Waals surface area (Å²) in [5.41, 5.74) is 4.99. The van der Waals surface area contributed by atoms with Crippen LogP contribution in [0, 0.1) is 6.92 Å². The number of aryl methyl sites for hydroxylation is 1. The molecule has 0 unspecified atom stereocenters. The number of hydrogen-bond donors (Lipinski definition) is 2. The average Bonchev–Trinajstić information content (AvgIpc) is 3.13. The lowest BCUT2D eigenvalue weighted by atomic mass is 10.1. The maximum absolute atomic E-state index is 12.2. The molecule has 0 aromatic heterocycles. The van der Waals surface area contributed by atoms with E-state index in [1.807, 2.05) is 64.0 Å². The van der Waals surface area contributed by atoms with Crippen LogP contribution in [0.4, 0.5) is 0 Å². The van der Waals surface area contributed by atoms with Gasteiger partial charge in [0, 0.05) is 45.0 Å². The Bertz CT molecular complexity index is 586. The van der Waals surface area contributed by atoms with Gasteiger partial charge < -0.3 is 15.5 Å². The molecule has 0 spiro atoms. The minimum Gasteiger partial charge on any atom is -0.380 e. The Morgan fingerprint density at radius 2 is 1.69 bits per heavy atom. The standard InChI is InChI=1S/C17H23N3O.C3H8.C2H6/c1-12-5-7-14(8-6-12)9-19-17(21)13(2)15-10-18-11-16(15)20(3)4;1-3-2;1-2/h5-8,18H,2,9-11H2,1,3-4H3,(H,19,21);3H2,1-2H3;1-2H3. The van der Waals surface area contributed by atoms with Crippen molar-refractivity contribution in [3.05, 3.63) is 58.8 Å². The smallest absolute Gasteiger partial charge is 0.251 e. The van der Waals surface area contributed by atoms with E-state index in [1.165, 1.54) is 12.0 Å². The zero-order valence-electron chi connectivity index (χ0n) is 17.7. The van der Waals surface area contributed by atoms with Crippen LogP contribution in [0.1, 0.15) is 45.2 Å². The lowest BCUT2D eigenvalue weighted by Gasteiger charge is -2.17. The number of nitrogens with zero attached hydrogens (tertiary/aromatic N) is 1. The van der Waals surface area contributed by atoms with Crippen LogP contribution >= 0.6 is 0 Å². The molecule has 0 atom stereocenters. The van der Waals surface area contributed by atoms with Gasteiger partial charge in [-0.2, -0.15) is 0 Å². The van der Waals surface area contributed by atoms with Crippen LogP contribution < -0.4 is 10.6 Å². The highest BCUT2D eigenvalue weighted by molar-refractivity contribution is 5.97. The molecule has 26 heavy (non-hydrogen) atoms. The van der Waals surface area contributed by atoms with Crippen LogP contribution in [0.25, 0.3) is 0 Å². The molecule has 1 aromatic carbocycles. The van der Waals surface area contributed by atoms with Crippen molar-refractivity contribution in [2.45, 2.75) is 47.6 Å². The number of nitrogens with one attached hydrogen (secondary N) is 2. The third-order valence-electron chi connectivity index (χ3n) is 3.69. The Hall–Kier alpha value is -2.07. The minimum absolute atomic E-state index is 0.103. The molecule has 0 aliphatic carbocycles. The number of carbonyl (C=O) groups excluding carboxylic acids is 1. The molecular formula is C22H37N3O. The summed E-state index contributed by atoms with van der Waals surface area (Å²) in [6.45, 7) is 16.3. The topological polar surface area (TPSA) is 44.4 Å². The first-order valence-electron chi connectivity index (χ1n) is 9.53. The van der Waals surface area contributed by atoms with E-state index >= 15 is 0 Å². The van der Waals surface area contributed by atoms with E-state index in [-0.39, 0.29) is 5.91 Å². The highest BCUT2D eigenvalue weighted by Gasteiger charge is 2.21. The average molecular weight is 360 g/mol. The molecule has 1 aromatic rings. The third kappa shape index (κ3) is 7.87. The SMILES string of the molecule is C=C(C(=O)NCc1ccc(C)cc1)C1=C(N(C)C)CNC1.CC.CCC. The monoisotopic (exact) mass is 359 g/mol. The van der Waals surface area contributed by atoms with Crippen LogP contribution in [-0.4, -0.2) is 38.0 Å². The summed E-state index contributed by atoms with van der Waals surface area (Å²) in [5, 5.41) is 6.20. The molecule has 1 aliphatic rings. The second kappa shape index (κ2) is 13.2. The molecule has 4 heteroatoms. The van der Waals surface area contributed by atoms with E-state index in [0.717, 1.165) is 23.4 Å². The fraction of sp³-hybridized carbons (Fsp3) is 0.500. The van der Waals surface area contributed by atoms with E-state index in [0.29, 0.717) is 18.7 Å². The Kier molecular flexibility index (Phi) is 12.1. The van der Waals surface area contributed by atoms with Crippen molar-refractivity contribution in [1.82, 2.24) is 15.5 Å². The quantitative estimate of drug-likeness (QED) is 0.780. The summed E-state index contributed by atoms with van der Waals surface area (Å²) in [5.74, 6) is -0.103. The molecule has 2 rings (SSSR count). The Labute approximate surface area is 160 Å². The van der Waals surface area contributed by atoms with E-state index < -0.39 is 0 Å². The first-order valence-corrected chi connectivity index (χ1v) is 9.53. The predicted octanol–water partition coefficient (Wildman–Crippen LogP) is 4.03. The molecule has 146 valence electrons. The number of hydrogen-bond acceptors (Lipinski definition) is 3. The minimum atomic E-state index is -0.103. The van der Waals surface area contributed by atoms with E-state index in [4.69, 9.17) is 0 Å². The van der Waals surface area contributed by atoms with Crippen molar-refractivity contribution in [1.29, 1.82) is 0 Å². The summed E-state index contributed by atoms with van der Waals surface area (Å²) >= 11 is 0. The number of carbonyl (C=O) groups is 1. The summed E-state index contributed by atoms with van der Waals surface area (Å²) < 4.78 is 0. The maximum atomic E-state index is 12.2. The van der Waals surface area contributed by atoms with Crippen molar-refractivity contribution in [3.8, 4) is 0 Å². The van der Waals surface area contributed by atoms with Crippen molar-refractivity contribution >= 4 is 5.91 Å². The normalized spacial score (nSPS) is 12.4. The van der Waals surface area contributed by atoms with Gasteiger partial charge in [-0.1, -0.05) is 70.5 Å². The molecule has 1 heterocycles. The van der Waals surface area contributed by atoms with Crippen LogP contribution in [0.2, 0.25) is 0 Å². The van der Waals surface area contributed by atoms with Crippen molar-refractivity contribution in [2.24, 2.45) is 0 Å². The molecule has 0 bridgehead atoms. The predicted molar refractivity (Wildman–Crippen MR) is 113 cm³/mol. The Morgan fingerprint density at radius 3 is 2.19 bits per heavy atom. The highest BCUT2D eigenvalue weighted by atomic mass is 16.1. The fourth-order valence-electron chi connectivity index (χ4n) is 2.36. The molecule has 1 aliphatic heterocycles. The second-order valence-corrected chi connectivity index (χ2v) is 6.28. The van der Waals surface area contributed by atoms with Gasteiger partial charge in [0.05, 0.1) is 0 Å².